The lowest BCUT2D eigenvalue weighted by molar-refractivity contribution is -0.126. The lowest BCUT2D eigenvalue weighted by Gasteiger charge is -2.40. The van der Waals surface area contributed by atoms with E-state index in [1.807, 2.05) is 24.8 Å². The van der Waals surface area contributed by atoms with Gasteiger partial charge in [0.05, 0.1) is 26.8 Å². The molecule has 0 radical (unpaired) electrons. The summed E-state index contributed by atoms with van der Waals surface area (Å²) < 4.78 is 15.7. The number of halogens is 3. The van der Waals surface area contributed by atoms with Crippen molar-refractivity contribution in [2.24, 2.45) is 5.92 Å². The van der Waals surface area contributed by atoms with E-state index in [2.05, 4.69) is 35.7 Å². The van der Waals surface area contributed by atoms with Crippen molar-refractivity contribution in [2.45, 2.75) is 40.2 Å². The van der Waals surface area contributed by atoms with Crippen LogP contribution in [-0.2, 0) is 11.2 Å². The first-order chi connectivity index (χ1) is 20.5. The number of anilines is 3. The number of nitrogens with zero attached hydrogens (tertiary/aromatic N) is 6. The van der Waals surface area contributed by atoms with E-state index >= 15 is 0 Å². The number of carbonyl (C=O) groups is 1. The monoisotopic (exact) mass is 623 g/mol. The summed E-state index contributed by atoms with van der Waals surface area (Å²) in [6, 6.07) is 7.67. The fourth-order valence-electron chi connectivity index (χ4n) is 5.37. The predicted octanol–water partition coefficient (Wildman–Crippen LogP) is 6.10. The summed E-state index contributed by atoms with van der Waals surface area (Å²) in [5.41, 5.74) is 2.35. The van der Waals surface area contributed by atoms with E-state index in [4.69, 9.17) is 28.2 Å². The minimum atomic E-state index is -0.598. The number of aromatic nitrogens is 4. The van der Waals surface area contributed by atoms with Crippen LogP contribution in [0.4, 0.5) is 21.7 Å². The van der Waals surface area contributed by atoms with E-state index in [9.17, 15) is 14.0 Å². The van der Waals surface area contributed by atoms with Crippen molar-refractivity contribution in [1.29, 1.82) is 0 Å². The van der Waals surface area contributed by atoms with Gasteiger partial charge >= 0.3 is 5.69 Å². The van der Waals surface area contributed by atoms with Crippen LogP contribution in [0.3, 0.4) is 0 Å². The van der Waals surface area contributed by atoms with E-state index in [-0.39, 0.29) is 33.7 Å². The first kappa shape index (κ1) is 30.4. The van der Waals surface area contributed by atoms with E-state index in [1.54, 1.807) is 23.2 Å². The van der Waals surface area contributed by atoms with Gasteiger partial charge in [-0.25, -0.2) is 18.7 Å². The van der Waals surface area contributed by atoms with Gasteiger partial charge in [-0.1, -0.05) is 43.6 Å². The summed E-state index contributed by atoms with van der Waals surface area (Å²) in [7, 11) is 0. The third kappa shape index (κ3) is 6.07. The number of hydrogen-bond donors (Lipinski definition) is 1. The minimum Gasteiger partial charge on any atom is -0.350 e. The van der Waals surface area contributed by atoms with Crippen molar-refractivity contribution < 1.29 is 9.18 Å². The molecule has 5 rings (SSSR count). The largest absolute Gasteiger partial charge is 0.355 e. The third-order valence-corrected chi connectivity index (χ3v) is 7.99. The molecule has 1 saturated heterocycles. The van der Waals surface area contributed by atoms with Crippen molar-refractivity contribution in [3.63, 3.8) is 0 Å². The fraction of sp³-hybridized carbons (Fsp3) is 0.323. The molecule has 0 spiro atoms. The number of hydrogen-bond acceptors (Lipinski definition) is 7. The van der Waals surface area contributed by atoms with Crippen LogP contribution < -0.4 is 15.9 Å². The van der Waals surface area contributed by atoms with Crippen molar-refractivity contribution in [2.75, 3.05) is 29.9 Å². The van der Waals surface area contributed by atoms with Gasteiger partial charge in [0.1, 0.15) is 11.6 Å². The second-order valence-electron chi connectivity index (χ2n) is 11.0. The van der Waals surface area contributed by atoms with E-state index in [0.717, 1.165) is 11.3 Å². The quantitative estimate of drug-likeness (QED) is 0.249. The summed E-state index contributed by atoms with van der Waals surface area (Å²) in [4.78, 5) is 44.1. The minimum absolute atomic E-state index is 0.0126. The Morgan fingerprint density at radius 3 is 2.63 bits per heavy atom. The average molecular weight is 625 g/mol. The molecule has 9 nitrogen and oxygen atoms in total. The Bertz CT molecular complexity index is 1790. The maximum Gasteiger partial charge on any atom is 0.355 e. The zero-order valence-electron chi connectivity index (χ0n) is 24.4. The molecule has 0 saturated carbocycles. The smallest absolute Gasteiger partial charge is 0.350 e. The highest BCUT2D eigenvalue weighted by molar-refractivity contribution is 6.34. The van der Waals surface area contributed by atoms with Crippen molar-refractivity contribution in [1.82, 2.24) is 24.4 Å². The first-order valence-corrected chi connectivity index (χ1v) is 14.7. The maximum atomic E-state index is 14.2. The summed E-state index contributed by atoms with van der Waals surface area (Å²) >= 11 is 12.6. The Labute approximate surface area is 259 Å². The molecule has 0 unspecified atom stereocenters. The highest BCUT2D eigenvalue weighted by Crippen LogP contribution is 2.34. The second kappa shape index (κ2) is 12.3. The molecule has 0 aliphatic carbocycles. The number of carbonyl (C=O) groups excluding carboxylic acids is 1. The van der Waals surface area contributed by atoms with Crippen molar-refractivity contribution in [3.05, 3.63) is 86.8 Å². The van der Waals surface area contributed by atoms with Crippen LogP contribution in [0.1, 0.15) is 32.0 Å². The molecule has 0 bridgehead atoms. The van der Waals surface area contributed by atoms with Gasteiger partial charge in [0.15, 0.2) is 11.5 Å². The van der Waals surface area contributed by atoms with E-state index in [0.29, 0.717) is 54.3 Å². The van der Waals surface area contributed by atoms with Gasteiger partial charge in [-0.15, -0.1) is 0 Å². The Balaban J connectivity index is 1.74. The Hall–Kier alpha value is -4.02. The molecule has 1 aromatic carbocycles. The zero-order chi connectivity index (χ0) is 31.0. The molecule has 1 atom stereocenters. The highest BCUT2D eigenvalue weighted by atomic mass is 35.5. The Morgan fingerprint density at radius 1 is 1.19 bits per heavy atom. The summed E-state index contributed by atoms with van der Waals surface area (Å²) in [6.45, 7) is 12.9. The first-order valence-electron chi connectivity index (χ1n) is 14.0. The molecule has 4 aromatic rings. The van der Waals surface area contributed by atoms with Crippen LogP contribution in [-0.4, -0.2) is 56.0 Å². The van der Waals surface area contributed by atoms with E-state index < -0.39 is 11.5 Å². The predicted molar refractivity (Wildman–Crippen MR) is 169 cm³/mol. The molecule has 43 heavy (non-hydrogen) atoms. The highest BCUT2D eigenvalue weighted by Gasteiger charge is 2.30. The molecule has 224 valence electrons. The molecule has 1 amide bonds. The standard InChI is InChI=1S/C31H32Cl2FN7O2/c1-6-26(42)39-11-12-40(19(5)16-39)29-21-15-23(33)28(36-20-7-8-22(32)24(34)14-20)37-30(21)41(31(43)38-29)27-18(4)9-10-35-25(27)13-17(2)3/h6-10,14-15,17,19H,1,11-13,16H2,2-5H3,(H,36,37)/t19-/m0/s1. The second-order valence-corrected chi connectivity index (χ2v) is 11.9. The number of nitrogens with one attached hydrogen (secondary N) is 1. The van der Waals surface area contributed by atoms with Crippen LogP contribution in [0, 0.1) is 18.7 Å². The van der Waals surface area contributed by atoms with Gasteiger partial charge in [-0.2, -0.15) is 4.98 Å². The molecule has 1 fully saturated rings. The van der Waals surface area contributed by atoms with Crippen LogP contribution in [0.15, 0.2) is 54.0 Å². The van der Waals surface area contributed by atoms with Gasteiger partial charge in [-0.3, -0.25) is 9.78 Å². The van der Waals surface area contributed by atoms with Gasteiger partial charge in [0, 0.05) is 37.6 Å². The van der Waals surface area contributed by atoms with Gasteiger partial charge in [-0.05, 0) is 68.2 Å². The van der Waals surface area contributed by atoms with Crippen LogP contribution in [0.2, 0.25) is 10.0 Å². The maximum absolute atomic E-state index is 14.2. The third-order valence-electron chi connectivity index (χ3n) is 7.40. The Kier molecular flexibility index (Phi) is 8.71. The molecular weight excluding hydrogens is 592 g/mol. The number of piperazine rings is 1. The van der Waals surface area contributed by atoms with Gasteiger partial charge in [0.25, 0.3) is 0 Å². The molecule has 1 aliphatic rings. The number of rotatable bonds is 7. The van der Waals surface area contributed by atoms with Crippen LogP contribution in [0.5, 0.6) is 0 Å². The van der Waals surface area contributed by atoms with Gasteiger partial charge in [0.2, 0.25) is 5.91 Å². The number of pyridine rings is 2. The SMILES string of the molecule is C=CC(=O)N1CCN(c2nc(=O)n(-c3c(C)ccnc3CC(C)C)c3nc(Nc4ccc(Cl)c(F)c4)c(Cl)cc23)[C@@H](C)C1. The molecular formula is C31H32Cl2FN7O2. The van der Waals surface area contributed by atoms with E-state index in [1.165, 1.54) is 22.8 Å². The molecule has 4 heterocycles. The molecule has 1 N–H and O–H groups in total. The summed E-state index contributed by atoms with van der Waals surface area (Å²) in [6.07, 6.45) is 3.66. The average Bonchev–Trinajstić information content (AvgIpc) is 2.95. The zero-order valence-corrected chi connectivity index (χ0v) is 25.9. The molecule has 12 heteroatoms. The van der Waals surface area contributed by atoms with Crippen molar-refractivity contribution in [3.8, 4) is 5.69 Å². The lowest BCUT2D eigenvalue weighted by atomic mass is 10.0. The molecule has 3 aromatic heterocycles. The lowest BCUT2D eigenvalue weighted by Crippen LogP contribution is -2.54. The number of amides is 1. The Morgan fingerprint density at radius 2 is 1.95 bits per heavy atom. The van der Waals surface area contributed by atoms with Crippen molar-refractivity contribution >= 4 is 57.5 Å². The summed E-state index contributed by atoms with van der Waals surface area (Å²) in [5, 5.41) is 3.84. The molecule has 1 aliphatic heterocycles. The number of aryl methyl sites for hydroxylation is 1. The fourth-order valence-corrected chi connectivity index (χ4v) is 5.69. The number of benzene rings is 1. The van der Waals surface area contributed by atoms with Gasteiger partial charge < -0.3 is 15.1 Å². The van der Waals surface area contributed by atoms with Crippen LogP contribution >= 0.6 is 23.2 Å². The number of fused-ring (bicyclic) bond motifs is 1. The summed E-state index contributed by atoms with van der Waals surface area (Å²) in [5.74, 6) is 0.169. The topological polar surface area (TPSA) is 96.3 Å². The van der Waals surface area contributed by atoms with Crippen LogP contribution in [0.25, 0.3) is 16.7 Å². The normalized spacial score (nSPS) is 15.3.